The molecule has 7 heteroatoms. The first kappa shape index (κ1) is 17.4. The highest BCUT2D eigenvalue weighted by Crippen LogP contribution is 2.17. The van der Waals surface area contributed by atoms with Gasteiger partial charge in [-0.3, -0.25) is 14.6 Å². The van der Waals surface area contributed by atoms with Gasteiger partial charge in [0.1, 0.15) is 0 Å². The summed E-state index contributed by atoms with van der Waals surface area (Å²) in [7, 11) is 1.62. The van der Waals surface area contributed by atoms with Gasteiger partial charge in [-0.05, 0) is 24.3 Å². The molecule has 0 saturated heterocycles. The van der Waals surface area contributed by atoms with Crippen molar-refractivity contribution in [3.8, 4) is 0 Å². The molecular formula is C17H20N4O3. The molecule has 0 aliphatic heterocycles. The van der Waals surface area contributed by atoms with Crippen molar-refractivity contribution in [1.29, 1.82) is 0 Å². The SMILES string of the molecule is COCCNc1cncc(C(=O)Nc2cccc(NC(C)=O)c2)c1. The number of methoxy groups -OCH3 is 1. The molecular weight excluding hydrogens is 308 g/mol. The van der Waals surface area contributed by atoms with Crippen molar-refractivity contribution in [2.24, 2.45) is 0 Å². The van der Waals surface area contributed by atoms with Gasteiger partial charge in [-0.1, -0.05) is 6.07 Å². The molecule has 24 heavy (non-hydrogen) atoms. The van der Waals surface area contributed by atoms with Crippen molar-refractivity contribution >= 4 is 28.9 Å². The standard InChI is InChI=1S/C17H20N4O3/c1-12(22)20-14-4-3-5-15(9-14)21-17(23)13-8-16(11-18-10-13)19-6-7-24-2/h3-5,8-11,19H,6-7H2,1-2H3,(H,20,22)(H,21,23). The van der Waals surface area contributed by atoms with Gasteiger partial charge in [-0.15, -0.1) is 0 Å². The summed E-state index contributed by atoms with van der Waals surface area (Å²) in [6, 6.07) is 8.65. The molecule has 0 aliphatic carbocycles. The molecule has 7 nitrogen and oxygen atoms in total. The predicted molar refractivity (Wildman–Crippen MR) is 93.3 cm³/mol. The minimum absolute atomic E-state index is 0.169. The summed E-state index contributed by atoms with van der Waals surface area (Å²) in [6.07, 6.45) is 3.14. The molecule has 0 bridgehead atoms. The normalized spacial score (nSPS) is 10.1. The molecule has 1 aromatic carbocycles. The van der Waals surface area contributed by atoms with Gasteiger partial charge in [0.25, 0.3) is 5.91 Å². The van der Waals surface area contributed by atoms with Crippen LogP contribution >= 0.6 is 0 Å². The second-order valence-electron chi connectivity index (χ2n) is 5.10. The highest BCUT2D eigenvalue weighted by atomic mass is 16.5. The Morgan fingerprint density at radius 3 is 2.54 bits per heavy atom. The molecule has 0 radical (unpaired) electrons. The average Bonchev–Trinajstić information content (AvgIpc) is 2.55. The number of hydrogen-bond acceptors (Lipinski definition) is 5. The number of carbonyl (C=O) groups is 2. The third kappa shape index (κ3) is 5.36. The lowest BCUT2D eigenvalue weighted by Crippen LogP contribution is -2.14. The monoisotopic (exact) mass is 328 g/mol. The largest absolute Gasteiger partial charge is 0.383 e. The molecule has 126 valence electrons. The van der Waals surface area contributed by atoms with Crippen LogP contribution < -0.4 is 16.0 Å². The summed E-state index contributed by atoms with van der Waals surface area (Å²) in [4.78, 5) is 27.5. The van der Waals surface area contributed by atoms with Crippen LogP contribution in [0.1, 0.15) is 17.3 Å². The first-order chi connectivity index (χ1) is 11.6. The number of anilines is 3. The lowest BCUT2D eigenvalue weighted by Gasteiger charge is -2.09. The maximum atomic E-state index is 12.3. The number of amides is 2. The van der Waals surface area contributed by atoms with Gasteiger partial charge in [0.2, 0.25) is 5.91 Å². The number of carbonyl (C=O) groups excluding carboxylic acids is 2. The smallest absolute Gasteiger partial charge is 0.257 e. The predicted octanol–water partition coefficient (Wildman–Crippen LogP) is 2.35. The zero-order valence-electron chi connectivity index (χ0n) is 13.6. The van der Waals surface area contributed by atoms with E-state index in [0.717, 1.165) is 5.69 Å². The summed E-state index contributed by atoms with van der Waals surface area (Å²) in [5.41, 5.74) is 2.38. The lowest BCUT2D eigenvalue weighted by atomic mass is 10.2. The van der Waals surface area contributed by atoms with Crippen LogP contribution in [0.2, 0.25) is 0 Å². The zero-order chi connectivity index (χ0) is 17.4. The van der Waals surface area contributed by atoms with Crippen molar-refractivity contribution in [2.45, 2.75) is 6.92 Å². The number of pyridine rings is 1. The van der Waals surface area contributed by atoms with Crippen LogP contribution in [0.25, 0.3) is 0 Å². The fourth-order valence-corrected chi connectivity index (χ4v) is 2.04. The number of rotatable bonds is 7. The molecule has 0 aliphatic rings. The van der Waals surface area contributed by atoms with Crippen molar-refractivity contribution in [3.05, 3.63) is 48.3 Å². The molecule has 0 atom stereocenters. The number of nitrogens with one attached hydrogen (secondary N) is 3. The Balaban J connectivity index is 2.04. The van der Waals surface area contributed by atoms with E-state index in [1.165, 1.54) is 13.1 Å². The van der Waals surface area contributed by atoms with Crippen LogP contribution in [0, 0.1) is 0 Å². The molecule has 0 saturated carbocycles. The molecule has 3 N–H and O–H groups in total. The van der Waals surface area contributed by atoms with Gasteiger partial charge in [0.15, 0.2) is 0 Å². The van der Waals surface area contributed by atoms with Gasteiger partial charge in [0, 0.05) is 44.3 Å². The van der Waals surface area contributed by atoms with Gasteiger partial charge in [-0.2, -0.15) is 0 Å². The zero-order valence-corrected chi connectivity index (χ0v) is 13.6. The number of ether oxygens (including phenoxy) is 1. The van der Waals surface area contributed by atoms with E-state index in [4.69, 9.17) is 4.74 Å². The third-order valence-corrected chi connectivity index (χ3v) is 3.08. The van der Waals surface area contributed by atoms with E-state index in [-0.39, 0.29) is 11.8 Å². The highest BCUT2D eigenvalue weighted by molar-refractivity contribution is 6.05. The maximum absolute atomic E-state index is 12.3. The fourth-order valence-electron chi connectivity index (χ4n) is 2.04. The van der Waals surface area contributed by atoms with Crippen molar-refractivity contribution in [2.75, 3.05) is 36.2 Å². The Labute approximate surface area is 140 Å². The highest BCUT2D eigenvalue weighted by Gasteiger charge is 2.08. The molecule has 1 aromatic heterocycles. The maximum Gasteiger partial charge on any atom is 0.257 e. The summed E-state index contributed by atoms with van der Waals surface area (Å²) < 4.78 is 4.97. The first-order valence-electron chi connectivity index (χ1n) is 7.45. The molecule has 0 spiro atoms. The Morgan fingerprint density at radius 2 is 1.83 bits per heavy atom. The van der Waals surface area contributed by atoms with Gasteiger partial charge < -0.3 is 20.7 Å². The van der Waals surface area contributed by atoms with E-state index < -0.39 is 0 Å². The third-order valence-electron chi connectivity index (χ3n) is 3.08. The van der Waals surface area contributed by atoms with E-state index in [2.05, 4.69) is 20.9 Å². The summed E-state index contributed by atoms with van der Waals surface area (Å²) in [5, 5.41) is 8.58. The minimum Gasteiger partial charge on any atom is -0.383 e. The average molecular weight is 328 g/mol. The summed E-state index contributed by atoms with van der Waals surface area (Å²) in [6.45, 7) is 2.62. The van der Waals surface area contributed by atoms with Crippen LogP contribution in [0.15, 0.2) is 42.7 Å². The van der Waals surface area contributed by atoms with Crippen LogP contribution in [-0.4, -0.2) is 37.1 Å². The Kier molecular flexibility index (Phi) is 6.27. The van der Waals surface area contributed by atoms with E-state index in [1.54, 1.807) is 43.6 Å². The van der Waals surface area contributed by atoms with Crippen molar-refractivity contribution < 1.29 is 14.3 Å². The number of nitrogens with zero attached hydrogens (tertiary/aromatic N) is 1. The number of aromatic nitrogens is 1. The molecule has 2 aromatic rings. The van der Waals surface area contributed by atoms with Crippen molar-refractivity contribution in [3.63, 3.8) is 0 Å². The van der Waals surface area contributed by atoms with E-state index in [9.17, 15) is 9.59 Å². The van der Waals surface area contributed by atoms with Gasteiger partial charge in [0.05, 0.1) is 17.9 Å². The van der Waals surface area contributed by atoms with E-state index in [1.807, 2.05) is 0 Å². The molecule has 2 rings (SSSR count). The Hall–Kier alpha value is -2.93. The topological polar surface area (TPSA) is 92.3 Å². The van der Waals surface area contributed by atoms with Crippen LogP contribution in [-0.2, 0) is 9.53 Å². The number of benzene rings is 1. The van der Waals surface area contributed by atoms with E-state index >= 15 is 0 Å². The van der Waals surface area contributed by atoms with Crippen molar-refractivity contribution in [1.82, 2.24) is 4.98 Å². The van der Waals surface area contributed by atoms with Crippen LogP contribution in [0.3, 0.4) is 0 Å². The minimum atomic E-state index is -0.280. The molecule has 0 fully saturated rings. The number of hydrogen-bond donors (Lipinski definition) is 3. The fraction of sp³-hybridized carbons (Fsp3) is 0.235. The summed E-state index contributed by atoms with van der Waals surface area (Å²) in [5.74, 6) is -0.449. The Bertz CT molecular complexity index is 718. The van der Waals surface area contributed by atoms with E-state index in [0.29, 0.717) is 30.1 Å². The molecule has 2 amide bonds. The first-order valence-corrected chi connectivity index (χ1v) is 7.45. The molecule has 0 unspecified atom stereocenters. The Morgan fingerprint density at radius 1 is 1.08 bits per heavy atom. The van der Waals surface area contributed by atoms with Crippen LogP contribution in [0.5, 0.6) is 0 Å². The quantitative estimate of drug-likeness (QED) is 0.679. The molecule has 1 heterocycles. The second-order valence-corrected chi connectivity index (χ2v) is 5.10. The van der Waals surface area contributed by atoms with Gasteiger partial charge in [-0.25, -0.2) is 0 Å². The van der Waals surface area contributed by atoms with Gasteiger partial charge >= 0.3 is 0 Å². The second kappa shape index (κ2) is 8.64. The summed E-state index contributed by atoms with van der Waals surface area (Å²) >= 11 is 0. The lowest BCUT2D eigenvalue weighted by molar-refractivity contribution is -0.114. The van der Waals surface area contributed by atoms with Crippen LogP contribution in [0.4, 0.5) is 17.1 Å².